The summed E-state index contributed by atoms with van der Waals surface area (Å²) in [5, 5.41) is 10.9. The second-order valence-electron chi connectivity index (χ2n) is 5.48. The summed E-state index contributed by atoms with van der Waals surface area (Å²) in [6.07, 6.45) is 2.33. The molecule has 20 heavy (non-hydrogen) atoms. The maximum atomic E-state index is 10.0. The summed E-state index contributed by atoms with van der Waals surface area (Å²) in [5.74, 6) is 0.147. The van der Waals surface area contributed by atoms with Crippen LogP contribution in [-0.2, 0) is 6.54 Å². The number of piperidine rings is 1. The van der Waals surface area contributed by atoms with Gasteiger partial charge in [0, 0.05) is 23.2 Å². The number of hydrogen-bond donors (Lipinski definition) is 1. The number of halogens is 2. The highest BCUT2D eigenvalue weighted by atomic mass is 35.5. The van der Waals surface area contributed by atoms with Crippen LogP contribution in [0.4, 0.5) is 0 Å². The monoisotopic (exact) mass is 316 g/mol. The molecule has 0 amide bonds. The third kappa shape index (κ3) is 3.79. The van der Waals surface area contributed by atoms with Crippen molar-refractivity contribution < 1.29 is 5.11 Å². The number of phenols is 1. The zero-order valence-corrected chi connectivity index (χ0v) is 13.6. The lowest BCUT2D eigenvalue weighted by molar-refractivity contribution is 0.126. The van der Waals surface area contributed by atoms with Crippen LogP contribution in [-0.4, -0.2) is 47.6 Å². The molecular formula is C15H22Cl2N2O. The van der Waals surface area contributed by atoms with Crippen molar-refractivity contribution >= 4 is 23.2 Å². The van der Waals surface area contributed by atoms with Gasteiger partial charge in [0.05, 0.1) is 5.02 Å². The van der Waals surface area contributed by atoms with Gasteiger partial charge in [-0.05, 0) is 51.7 Å². The van der Waals surface area contributed by atoms with Crippen LogP contribution in [0.5, 0.6) is 5.75 Å². The highest BCUT2D eigenvalue weighted by Gasteiger charge is 2.22. The zero-order chi connectivity index (χ0) is 14.7. The van der Waals surface area contributed by atoms with Gasteiger partial charge in [-0.2, -0.15) is 0 Å². The molecule has 3 nitrogen and oxygen atoms in total. The molecule has 112 valence electrons. The van der Waals surface area contributed by atoms with Crippen molar-refractivity contribution in [3.8, 4) is 5.75 Å². The largest absolute Gasteiger partial charge is 0.506 e. The minimum Gasteiger partial charge on any atom is -0.506 e. The van der Waals surface area contributed by atoms with Crippen molar-refractivity contribution in [3.05, 3.63) is 27.7 Å². The normalized spacial score (nSPS) is 17.9. The molecule has 1 aromatic carbocycles. The molecule has 0 saturated carbocycles. The molecule has 1 aromatic rings. The Morgan fingerprint density at radius 3 is 2.55 bits per heavy atom. The lowest BCUT2D eigenvalue weighted by Crippen LogP contribution is -2.42. The predicted octanol–water partition coefficient (Wildman–Crippen LogP) is 3.62. The first-order valence-corrected chi connectivity index (χ1v) is 7.86. The first kappa shape index (κ1) is 15.9. The lowest BCUT2D eigenvalue weighted by Gasteiger charge is -2.36. The van der Waals surface area contributed by atoms with E-state index in [9.17, 15) is 5.11 Å². The van der Waals surface area contributed by atoms with Gasteiger partial charge in [0.1, 0.15) is 5.75 Å². The molecule has 0 atom stereocenters. The van der Waals surface area contributed by atoms with E-state index in [-0.39, 0.29) is 5.75 Å². The summed E-state index contributed by atoms with van der Waals surface area (Å²) in [6.45, 7) is 6.29. The van der Waals surface area contributed by atoms with Gasteiger partial charge in [-0.1, -0.05) is 30.1 Å². The van der Waals surface area contributed by atoms with Gasteiger partial charge < -0.3 is 10.0 Å². The van der Waals surface area contributed by atoms with Crippen LogP contribution in [0.15, 0.2) is 12.1 Å². The molecule has 5 heteroatoms. The molecule has 1 fully saturated rings. The van der Waals surface area contributed by atoms with E-state index in [2.05, 4.69) is 23.8 Å². The molecule has 1 aliphatic rings. The summed E-state index contributed by atoms with van der Waals surface area (Å²) in [7, 11) is 2.10. The molecule has 0 aromatic heterocycles. The van der Waals surface area contributed by atoms with Crippen LogP contribution >= 0.6 is 23.2 Å². The number of phenolic OH excluding ortho intramolecular Hbond substituents is 1. The molecule has 1 aliphatic heterocycles. The topological polar surface area (TPSA) is 26.7 Å². The molecule has 2 rings (SSSR count). The SMILES string of the molecule is CCN1CCC(N(C)Cc2cc(Cl)cc(Cl)c2O)CC1. The molecule has 1 heterocycles. The third-order valence-electron chi connectivity index (χ3n) is 4.15. The van der Waals surface area contributed by atoms with Crippen LogP contribution in [0.1, 0.15) is 25.3 Å². The summed E-state index contributed by atoms with van der Waals surface area (Å²) in [5.41, 5.74) is 0.794. The Bertz CT molecular complexity index is 459. The van der Waals surface area contributed by atoms with Crippen LogP contribution in [0.3, 0.4) is 0 Å². The van der Waals surface area contributed by atoms with Gasteiger partial charge >= 0.3 is 0 Å². The standard InChI is InChI=1S/C15H22Cl2N2O/c1-3-19-6-4-13(5-7-19)18(2)10-11-8-12(16)9-14(17)15(11)20/h8-9,13,20H,3-7,10H2,1-2H3. The molecule has 0 spiro atoms. The number of rotatable bonds is 4. The molecule has 0 radical (unpaired) electrons. The van der Waals surface area contributed by atoms with E-state index in [1.165, 1.54) is 12.8 Å². The predicted molar refractivity (Wildman–Crippen MR) is 84.7 cm³/mol. The number of aromatic hydroxyl groups is 1. The van der Waals surface area contributed by atoms with Gasteiger partial charge in [0.2, 0.25) is 0 Å². The quantitative estimate of drug-likeness (QED) is 0.919. The zero-order valence-electron chi connectivity index (χ0n) is 12.1. The van der Waals surface area contributed by atoms with Gasteiger partial charge in [-0.3, -0.25) is 4.90 Å². The Morgan fingerprint density at radius 2 is 1.95 bits per heavy atom. The minimum absolute atomic E-state index is 0.147. The van der Waals surface area contributed by atoms with Crippen LogP contribution in [0.25, 0.3) is 0 Å². The summed E-state index contributed by atoms with van der Waals surface area (Å²) in [4.78, 5) is 4.76. The Labute approximate surface area is 131 Å². The van der Waals surface area contributed by atoms with E-state index < -0.39 is 0 Å². The fourth-order valence-electron chi connectivity index (χ4n) is 2.81. The molecule has 0 aliphatic carbocycles. The van der Waals surface area contributed by atoms with Crippen molar-refractivity contribution in [1.82, 2.24) is 9.80 Å². The maximum Gasteiger partial charge on any atom is 0.138 e. The van der Waals surface area contributed by atoms with E-state index in [1.54, 1.807) is 12.1 Å². The van der Waals surface area contributed by atoms with Crippen molar-refractivity contribution in [2.45, 2.75) is 32.4 Å². The fourth-order valence-corrected chi connectivity index (χ4v) is 3.35. The highest BCUT2D eigenvalue weighted by molar-refractivity contribution is 6.35. The van der Waals surface area contributed by atoms with Gasteiger partial charge in [0.15, 0.2) is 0 Å². The van der Waals surface area contributed by atoms with Crippen molar-refractivity contribution in [2.24, 2.45) is 0 Å². The minimum atomic E-state index is 0.147. The van der Waals surface area contributed by atoms with E-state index in [4.69, 9.17) is 23.2 Å². The Hall–Kier alpha value is -0.480. The number of likely N-dealkylation sites (tertiary alicyclic amines) is 1. The molecule has 0 unspecified atom stereocenters. The smallest absolute Gasteiger partial charge is 0.138 e. The van der Waals surface area contributed by atoms with Crippen LogP contribution in [0.2, 0.25) is 10.0 Å². The van der Waals surface area contributed by atoms with Gasteiger partial charge in [-0.15, -0.1) is 0 Å². The van der Waals surface area contributed by atoms with E-state index in [0.717, 1.165) is 25.2 Å². The van der Waals surface area contributed by atoms with E-state index >= 15 is 0 Å². The third-order valence-corrected chi connectivity index (χ3v) is 4.66. The van der Waals surface area contributed by atoms with E-state index in [0.29, 0.717) is 22.6 Å². The molecule has 0 bridgehead atoms. The number of benzene rings is 1. The Balaban J connectivity index is 2.00. The fraction of sp³-hybridized carbons (Fsp3) is 0.600. The maximum absolute atomic E-state index is 10.0. The van der Waals surface area contributed by atoms with Crippen molar-refractivity contribution in [3.63, 3.8) is 0 Å². The Kier molecular flexibility index (Phi) is 5.56. The molecule has 1 N–H and O–H groups in total. The van der Waals surface area contributed by atoms with Gasteiger partial charge in [-0.25, -0.2) is 0 Å². The molecule has 1 saturated heterocycles. The van der Waals surface area contributed by atoms with Gasteiger partial charge in [0.25, 0.3) is 0 Å². The highest BCUT2D eigenvalue weighted by Crippen LogP contribution is 2.32. The average Bonchev–Trinajstić information content (AvgIpc) is 2.44. The Morgan fingerprint density at radius 1 is 1.30 bits per heavy atom. The van der Waals surface area contributed by atoms with Crippen molar-refractivity contribution in [1.29, 1.82) is 0 Å². The van der Waals surface area contributed by atoms with E-state index in [1.807, 2.05) is 0 Å². The second kappa shape index (κ2) is 6.99. The number of nitrogens with zero attached hydrogens (tertiary/aromatic N) is 2. The number of hydrogen-bond acceptors (Lipinski definition) is 3. The van der Waals surface area contributed by atoms with Crippen LogP contribution < -0.4 is 0 Å². The summed E-state index contributed by atoms with van der Waals surface area (Å²) < 4.78 is 0. The average molecular weight is 317 g/mol. The van der Waals surface area contributed by atoms with Crippen LogP contribution in [0, 0.1) is 0 Å². The first-order chi connectivity index (χ1) is 9.51. The summed E-state index contributed by atoms with van der Waals surface area (Å²) in [6, 6.07) is 3.91. The molecular weight excluding hydrogens is 295 g/mol. The first-order valence-electron chi connectivity index (χ1n) is 7.10. The lowest BCUT2D eigenvalue weighted by atomic mass is 10.0. The summed E-state index contributed by atoms with van der Waals surface area (Å²) >= 11 is 12.0. The second-order valence-corrected chi connectivity index (χ2v) is 6.32. The van der Waals surface area contributed by atoms with Crippen molar-refractivity contribution in [2.75, 3.05) is 26.7 Å².